The van der Waals surface area contributed by atoms with Crippen LogP contribution in [-0.2, 0) is 14.6 Å². The Bertz CT molecular complexity index is 776. The SMILES string of the molecule is CCCCOc1ccc(/C=C(\C#N)C(=O)N[C@@H]2CCS(=O)(=O)C2)cc1. The molecule has 25 heavy (non-hydrogen) atoms. The second-order valence-corrected chi connectivity index (χ2v) is 8.24. The average Bonchev–Trinajstić information content (AvgIpc) is 2.92. The topological polar surface area (TPSA) is 96.3 Å². The molecule has 1 aromatic rings. The molecule has 1 aromatic carbocycles. The van der Waals surface area contributed by atoms with Crippen LogP contribution >= 0.6 is 0 Å². The molecule has 0 spiro atoms. The molecule has 1 atom stereocenters. The zero-order chi connectivity index (χ0) is 18.3. The maximum Gasteiger partial charge on any atom is 0.262 e. The average molecular weight is 362 g/mol. The Hall–Kier alpha value is -2.33. The second kappa shape index (κ2) is 8.67. The molecule has 7 heteroatoms. The maximum absolute atomic E-state index is 12.2. The van der Waals surface area contributed by atoms with E-state index in [0.29, 0.717) is 18.6 Å². The van der Waals surface area contributed by atoms with Crippen LogP contribution in [0, 0.1) is 11.3 Å². The Morgan fingerprint density at radius 2 is 2.12 bits per heavy atom. The van der Waals surface area contributed by atoms with Gasteiger partial charge in [-0.25, -0.2) is 8.42 Å². The number of nitriles is 1. The fourth-order valence-corrected chi connectivity index (χ4v) is 4.16. The van der Waals surface area contributed by atoms with Gasteiger partial charge in [0.25, 0.3) is 5.91 Å². The largest absolute Gasteiger partial charge is 0.494 e. The van der Waals surface area contributed by atoms with Gasteiger partial charge in [0.2, 0.25) is 0 Å². The Morgan fingerprint density at radius 1 is 1.40 bits per heavy atom. The third kappa shape index (κ3) is 5.91. The van der Waals surface area contributed by atoms with Gasteiger partial charge in [-0.1, -0.05) is 25.5 Å². The molecule has 1 aliphatic rings. The first-order valence-corrected chi connectivity index (χ1v) is 10.1. The maximum atomic E-state index is 12.2. The minimum absolute atomic E-state index is 0.0519. The minimum Gasteiger partial charge on any atom is -0.494 e. The van der Waals surface area contributed by atoms with Crippen LogP contribution in [-0.4, -0.2) is 38.5 Å². The summed E-state index contributed by atoms with van der Waals surface area (Å²) in [6, 6.07) is 8.56. The van der Waals surface area contributed by atoms with Gasteiger partial charge < -0.3 is 10.1 Å². The number of carbonyl (C=O) groups excluding carboxylic acids is 1. The third-order valence-electron chi connectivity index (χ3n) is 3.89. The van der Waals surface area contributed by atoms with E-state index in [1.54, 1.807) is 24.3 Å². The summed E-state index contributed by atoms with van der Waals surface area (Å²) in [4.78, 5) is 12.2. The molecular formula is C18H22N2O4S. The Labute approximate surface area is 148 Å². The number of carbonyl (C=O) groups is 1. The van der Waals surface area contributed by atoms with Crippen LogP contribution in [0.25, 0.3) is 6.08 Å². The first-order valence-electron chi connectivity index (χ1n) is 8.29. The highest BCUT2D eigenvalue weighted by molar-refractivity contribution is 7.91. The zero-order valence-corrected chi connectivity index (χ0v) is 15.0. The summed E-state index contributed by atoms with van der Waals surface area (Å²) < 4.78 is 28.4. The predicted molar refractivity (Wildman–Crippen MR) is 95.6 cm³/mol. The van der Waals surface area contributed by atoms with Crippen molar-refractivity contribution in [2.75, 3.05) is 18.1 Å². The molecule has 1 saturated heterocycles. The molecule has 2 rings (SSSR count). The second-order valence-electron chi connectivity index (χ2n) is 6.01. The van der Waals surface area contributed by atoms with Gasteiger partial charge in [0.05, 0.1) is 18.1 Å². The number of nitrogens with zero attached hydrogens (tertiary/aromatic N) is 1. The molecule has 0 aliphatic carbocycles. The highest BCUT2D eigenvalue weighted by Crippen LogP contribution is 2.16. The van der Waals surface area contributed by atoms with Crippen molar-refractivity contribution in [3.63, 3.8) is 0 Å². The number of hydrogen-bond donors (Lipinski definition) is 1. The van der Waals surface area contributed by atoms with Crippen molar-refractivity contribution in [3.05, 3.63) is 35.4 Å². The number of amides is 1. The van der Waals surface area contributed by atoms with Crippen molar-refractivity contribution >= 4 is 21.8 Å². The molecule has 1 heterocycles. The molecule has 1 aliphatic heterocycles. The van der Waals surface area contributed by atoms with Crippen molar-refractivity contribution in [2.45, 2.75) is 32.2 Å². The molecule has 0 unspecified atom stereocenters. The van der Waals surface area contributed by atoms with Gasteiger partial charge in [-0.3, -0.25) is 4.79 Å². The van der Waals surface area contributed by atoms with Crippen molar-refractivity contribution in [2.24, 2.45) is 0 Å². The molecule has 1 fully saturated rings. The molecular weight excluding hydrogens is 340 g/mol. The number of nitrogens with one attached hydrogen (secondary N) is 1. The number of unbranched alkanes of at least 4 members (excludes halogenated alkanes) is 1. The quantitative estimate of drug-likeness (QED) is 0.455. The number of hydrogen-bond acceptors (Lipinski definition) is 5. The van der Waals surface area contributed by atoms with Crippen LogP contribution in [0.15, 0.2) is 29.8 Å². The fourth-order valence-electron chi connectivity index (χ4n) is 2.48. The minimum atomic E-state index is -3.08. The van der Waals surface area contributed by atoms with Crippen molar-refractivity contribution in [1.82, 2.24) is 5.32 Å². The van der Waals surface area contributed by atoms with Gasteiger partial charge in [-0.05, 0) is 36.6 Å². The van der Waals surface area contributed by atoms with Gasteiger partial charge in [0, 0.05) is 6.04 Å². The summed E-state index contributed by atoms with van der Waals surface area (Å²) in [6.07, 6.45) is 3.91. The van der Waals surface area contributed by atoms with E-state index in [0.717, 1.165) is 18.6 Å². The van der Waals surface area contributed by atoms with Gasteiger partial charge in [-0.15, -0.1) is 0 Å². The van der Waals surface area contributed by atoms with Gasteiger partial charge in [0.15, 0.2) is 9.84 Å². The molecule has 0 aromatic heterocycles. The van der Waals surface area contributed by atoms with E-state index in [9.17, 15) is 18.5 Å². The van der Waals surface area contributed by atoms with Crippen LogP contribution in [0.2, 0.25) is 0 Å². The fraction of sp³-hybridized carbons (Fsp3) is 0.444. The van der Waals surface area contributed by atoms with Gasteiger partial charge >= 0.3 is 0 Å². The van der Waals surface area contributed by atoms with E-state index >= 15 is 0 Å². The summed E-state index contributed by atoms with van der Waals surface area (Å²) in [5.74, 6) is 0.196. The summed E-state index contributed by atoms with van der Waals surface area (Å²) in [6.45, 7) is 2.74. The zero-order valence-electron chi connectivity index (χ0n) is 14.2. The molecule has 0 bridgehead atoms. The van der Waals surface area contributed by atoms with Crippen molar-refractivity contribution in [1.29, 1.82) is 5.26 Å². The van der Waals surface area contributed by atoms with Crippen molar-refractivity contribution in [3.8, 4) is 11.8 Å². The number of rotatable bonds is 7. The molecule has 134 valence electrons. The molecule has 6 nitrogen and oxygen atoms in total. The van der Waals surface area contributed by atoms with Gasteiger partial charge in [0.1, 0.15) is 17.4 Å². The lowest BCUT2D eigenvalue weighted by Crippen LogP contribution is -2.36. The van der Waals surface area contributed by atoms with Crippen LogP contribution < -0.4 is 10.1 Å². The molecule has 0 radical (unpaired) electrons. The Balaban J connectivity index is 1.99. The number of benzene rings is 1. The van der Waals surface area contributed by atoms with E-state index in [1.165, 1.54) is 6.08 Å². The number of ether oxygens (including phenoxy) is 1. The first kappa shape index (κ1) is 19.0. The Kier molecular flexibility index (Phi) is 6.59. The van der Waals surface area contributed by atoms with E-state index in [-0.39, 0.29) is 17.1 Å². The van der Waals surface area contributed by atoms with Gasteiger partial charge in [-0.2, -0.15) is 5.26 Å². The molecule has 0 saturated carbocycles. The lowest BCUT2D eigenvalue weighted by atomic mass is 10.1. The third-order valence-corrected chi connectivity index (χ3v) is 5.66. The van der Waals surface area contributed by atoms with E-state index in [2.05, 4.69) is 12.2 Å². The van der Waals surface area contributed by atoms with Crippen molar-refractivity contribution < 1.29 is 17.9 Å². The first-order chi connectivity index (χ1) is 11.9. The normalized spacial score (nSPS) is 19.2. The van der Waals surface area contributed by atoms with Crippen LogP contribution in [0.1, 0.15) is 31.7 Å². The van der Waals surface area contributed by atoms with E-state index in [4.69, 9.17) is 4.74 Å². The van der Waals surface area contributed by atoms with Crippen LogP contribution in [0.4, 0.5) is 0 Å². The molecule has 1 N–H and O–H groups in total. The van der Waals surface area contributed by atoms with Crippen LogP contribution in [0.5, 0.6) is 5.75 Å². The summed E-state index contributed by atoms with van der Waals surface area (Å²) in [5.41, 5.74) is 0.650. The van der Waals surface area contributed by atoms with E-state index < -0.39 is 21.8 Å². The number of sulfone groups is 1. The monoisotopic (exact) mass is 362 g/mol. The summed E-state index contributed by atoms with van der Waals surface area (Å²) >= 11 is 0. The Morgan fingerprint density at radius 3 is 2.68 bits per heavy atom. The highest BCUT2D eigenvalue weighted by Gasteiger charge is 2.29. The lowest BCUT2D eigenvalue weighted by Gasteiger charge is -2.10. The predicted octanol–water partition coefficient (Wildman–Crippen LogP) is 2.08. The van der Waals surface area contributed by atoms with E-state index in [1.807, 2.05) is 6.07 Å². The standard InChI is InChI=1S/C18H22N2O4S/c1-2-3-9-24-17-6-4-14(5-7-17)11-15(12-19)18(21)20-16-8-10-25(22,23)13-16/h4-7,11,16H,2-3,8-10,13H2,1H3,(H,20,21)/b15-11+/t16-/m1/s1. The smallest absolute Gasteiger partial charge is 0.262 e. The highest BCUT2D eigenvalue weighted by atomic mass is 32.2. The van der Waals surface area contributed by atoms with Crippen LogP contribution in [0.3, 0.4) is 0 Å². The summed E-state index contributed by atoms with van der Waals surface area (Å²) in [7, 11) is -3.08. The lowest BCUT2D eigenvalue weighted by molar-refractivity contribution is -0.117. The summed E-state index contributed by atoms with van der Waals surface area (Å²) in [5, 5.41) is 11.8. The molecule has 1 amide bonds.